The van der Waals surface area contributed by atoms with E-state index in [0.29, 0.717) is 92.0 Å². The van der Waals surface area contributed by atoms with Crippen LogP contribution in [-0.2, 0) is 61.8 Å². The van der Waals surface area contributed by atoms with E-state index in [1.807, 2.05) is 4.90 Å². The van der Waals surface area contributed by atoms with Gasteiger partial charge in [0.05, 0.1) is 65.4 Å². The van der Waals surface area contributed by atoms with Crippen LogP contribution in [0.1, 0.15) is 285 Å². The van der Waals surface area contributed by atoms with Crippen LogP contribution in [0.5, 0.6) is 0 Å². The highest BCUT2D eigenvalue weighted by molar-refractivity contribution is 5.81. The Bertz CT molecular complexity index is 1440. The molecule has 3 atom stereocenters. The number of amides is 1. The smallest absolute Gasteiger partial charge is 0.309 e. The molecule has 1 heterocycles. The van der Waals surface area contributed by atoms with Crippen molar-refractivity contribution in [2.45, 2.75) is 303 Å². The Morgan fingerprint density at radius 2 is 0.783 bits per heavy atom. The average molecular weight is 1180 g/mol. The molecule has 83 heavy (non-hydrogen) atoms. The van der Waals surface area contributed by atoms with E-state index in [1.165, 1.54) is 116 Å². The van der Waals surface area contributed by atoms with E-state index in [1.54, 1.807) is 0 Å². The number of hydrogen-bond donors (Lipinski definition) is 1. The Morgan fingerprint density at radius 1 is 0.398 bits per heavy atom. The Morgan fingerprint density at radius 3 is 1.25 bits per heavy atom. The van der Waals surface area contributed by atoms with Crippen LogP contribution in [0.15, 0.2) is 0 Å². The second-order valence-corrected chi connectivity index (χ2v) is 23.5. The second kappa shape index (κ2) is 61.3. The zero-order valence-corrected chi connectivity index (χ0v) is 54.5. The normalized spacial score (nSPS) is 13.9. The molecule has 15 heteroatoms. The summed E-state index contributed by atoms with van der Waals surface area (Å²) >= 11 is 0. The van der Waals surface area contributed by atoms with Gasteiger partial charge in [-0.1, -0.05) is 176 Å². The number of hydrogen-bond acceptors (Lipinski definition) is 14. The molecule has 1 fully saturated rings. The number of rotatable bonds is 64. The quantitative estimate of drug-likeness (QED) is 0.0347. The lowest BCUT2D eigenvalue weighted by molar-refractivity contribution is -0.151. The standard InChI is InChI=1S/C68H130N2O13/c1-6-11-16-21-24-31-40-63(38-29-20-15-10-5)83-66(72)42-33-27-36-50-80-64(60-79-49-35-26-32-41-65(71)82-62(37-28-19-14-9-4)39-30-23-18-13-8-3)67(73)70(47-34-25-22-17-12-7-2)48-51-75-52-53-76-54-55-77-56-57-78-58-59-81-68(74)61-43-45-69-46-44-61/h61-64,69H,6-60H2,1-5H3. The van der Waals surface area contributed by atoms with Crippen molar-refractivity contribution < 1.29 is 61.8 Å². The molecule has 1 saturated heterocycles. The Labute approximate surface area is 508 Å². The molecule has 0 radical (unpaired) electrons. The summed E-state index contributed by atoms with van der Waals surface area (Å²) in [5.41, 5.74) is 0. The van der Waals surface area contributed by atoms with Crippen LogP contribution in [0.25, 0.3) is 0 Å². The number of ether oxygens (including phenoxy) is 9. The number of piperidine rings is 1. The number of nitrogens with one attached hydrogen (secondary N) is 1. The number of esters is 3. The molecule has 1 amide bonds. The van der Waals surface area contributed by atoms with E-state index in [9.17, 15) is 19.2 Å². The molecule has 0 spiro atoms. The van der Waals surface area contributed by atoms with Gasteiger partial charge < -0.3 is 52.8 Å². The van der Waals surface area contributed by atoms with E-state index in [4.69, 9.17) is 42.6 Å². The highest BCUT2D eigenvalue weighted by Gasteiger charge is 2.26. The maximum Gasteiger partial charge on any atom is 0.309 e. The Kier molecular flexibility index (Phi) is 58.0. The minimum atomic E-state index is -0.767. The molecule has 0 aromatic heterocycles. The van der Waals surface area contributed by atoms with E-state index in [2.05, 4.69) is 39.9 Å². The van der Waals surface area contributed by atoms with Gasteiger partial charge in [-0.15, -0.1) is 0 Å². The molecule has 1 rings (SSSR count). The fourth-order valence-electron chi connectivity index (χ4n) is 10.5. The van der Waals surface area contributed by atoms with Gasteiger partial charge >= 0.3 is 17.9 Å². The van der Waals surface area contributed by atoms with Gasteiger partial charge in [0.25, 0.3) is 5.91 Å². The lowest BCUT2D eigenvalue weighted by Gasteiger charge is -2.28. The number of carbonyl (C=O) groups excluding carboxylic acids is 4. The van der Waals surface area contributed by atoms with Crippen LogP contribution >= 0.6 is 0 Å². The molecule has 0 aromatic carbocycles. The van der Waals surface area contributed by atoms with Crippen LogP contribution in [0.3, 0.4) is 0 Å². The highest BCUT2D eigenvalue weighted by Crippen LogP contribution is 2.20. The van der Waals surface area contributed by atoms with E-state index in [-0.39, 0.29) is 55.2 Å². The second-order valence-electron chi connectivity index (χ2n) is 23.5. The van der Waals surface area contributed by atoms with Gasteiger partial charge in [-0.05, 0) is 109 Å². The molecule has 490 valence electrons. The first-order valence-corrected chi connectivity index (χ1v) is 34.8. The van der Waals surface area contributed by atoms with E-state index >= 15 is 0 Å². The summed E-state index contributed by atoms with van der Waals surface area (Å²) < 4.78 is 53.0. The summed E-state index contributed by atoms with van der Waals surface area (Å²) in [6.45, 7) is 18.4. The zero-order chi connectivity index (χ0) is 60.2. The first-order chi connectivity index (χ1) is 40.8. The third-order valence-electron chi connectivity index (χ3n) is 15.8. The molecule has 0 bridgehead atoms. The Hall–Kier alpha value is -2.40. The van der Waals surface area contributed by atoms with Gasteiger partial charge in [-0.2, -0.15) is 0 Å². The minimum Gasteiger partial charge on any atom is -0.463 e. The van der Waals surface area contributed by atoms with Crippen LogP contribution < -0.4 is 5.32 Å². The van der Waals surface area contributed by atoms with Gasteiger partial charge in [-0.3, -0.25) is 19.2 Å². The van der Waals surface area contributed by atoms with Gasteiger partial charge in [0.1, 0.15) is 18.8 Å². The number of nitrogens with zero attached hydrogens (tertiary/aromatic N) is 1. The third kappa shape index (κ3) is 50.3. The van der Waals surface area contributed by atoms with Crippen LogP contribution in [0, 0.1) is 5.92 Å². The summed E-state index contributed by atoms with van der Waals surface area (Å²) in [5.74, 6) is -0.424. The summed E-state index contributed by atoms with van der Waals surface area (Å²) in [4.78, 5) is 54.6. The van der Waals surface area contributed by atoms with Crippen molar-refractivity contribution >= 4 is 23.8 Å². The molecular formula is C68H130N2O13. The largest absolute Gasteiger partial charge is 0.463 e. The van der Waals surface area contributed by atoms with Gasteiger partial charge in [-0.25, -0.2) is 0 Å². The fourth-order valence-corrected chi connectivity index (χ4v) is 10.5. The van der Waals surface area contributed by atoms with Crippen molar-refractivity contribution in [2.24, 2.45) is 5.92 Å². The summed E-state index contributed by atoms with van der Waals surface area (Å²) in [6.07, 6.45) is 39.7. The first kappa shape index (κ1) is 78.6. The molecule has 1 aliphatic heterocycles. The maximum atomic E-state index is 14.4. The molecule has 1 aliphatic rings. The maximum absolute atomic E-state index is 14.4. The molecule has 0 aromatic rings. The van der Waals surface area contributed by atoms with Gasteiger partial charge in [0.2, 0.25) is 0 Å². The van der Waals surface area contributed by atoms with Crippen molar-refractivity contribution in [3.63, 3.8) is 0 Å². The average Bonchev–Trinajstić information content (AvgIpc) is 3.51. The van der Waals surface area contributed by atoms with Crippen LogP contribution in [0.2, 0.25) is 0 Å². The van der Waals surface area contributed by atoms with Crippen LogP contribution in [-0.4, -0.2) is 152 Å². The number of carbonyl (C=O) groups is 4. The summed E-state index contributed by atoms with van der Waals surface area (Å²) in [7, 11) is 0. The molecule has 1 N–H and O–H groups in total. The predicted molar refractivity (Wildman–Crippen MR) is 336 cm³/mol. The number of unbranched alkanes of at least 4 members (excludes halogenated alkanes) is 24. The van der Waals surface area contributed by atoms with Crippen LogP contribution in [0.4, 0.5) is 0 Å². The highest BCUT2D eigenvalue weighted by atomic mass is 16.6. The van der Waals surface area contributed by atoms with Crippen molar-refractivity contribution in [2.75, 3.05) is 105 Å². The summed E-state index contributed by atoms with van der Waals surface area (Å²) in [5, 5.41) is 3.26. The van der Waals surface area contributed by atoms with E-state index < -0.39 is 6.10 Å². The SMILES string of the molecule is CCCCCCCCC(CCCCCC)OC(=O)CCCCCOC(COCCCCCC(=O)OC(CCCCCC)CCCCCCC)C(=O)N(CCCCCCCC)CCOCCOCCOCCOCCOC(=O)C1CCNCC1. The molecule has 0 aliphatic carbocycles. The van der Waals surface area contributed by atoms with Gasteiger partial charge in [0.15, 0.2) is 6.10 Å². The first-order valence-electron chi connectivity index (χ1n) is 34.8. The lowest BCUT2D eigenvalue weighted by atomic mass is 9.99. The monoisotopic (exact) mass is 1180 g/mol. The van der Waals surface area contributed by atoms with Crippen molar-refractivity contribution in [3.8, 4) is 0 Å². The van der Waals surface area contributed by atoms with Gasteiger partial charge in [0, 0.05) is 39.1 Å². The molecule has 3 unspecified atom stereocenters. The predicted octanol–water partition coefficient (Wildman–Crippen LogP) is 15.2. The molecule has 15 nitrogen and oxygen atoms in total. The Balaban J connectivity index is 2.76. The topological polar surface area (TPSA) is 167 Å². The van der Waals surface area contributed by atoms with E-state index in [0.717, 1.165) is 135 Å². The minimum absolute atomic E-state index is 0.0108. The molecule has 0 saturated carbocycles. The zero-order valence-electron chi connectivity index (χ0n) is 54.5. The molecular weight excluding hydrogens is 1050 g/mol. The van der Waals surface area contributed by atoms with Crippen molar-refractivity contribution in [1.82, 2.24) is 10.2 Å². The van der Waals surface area contributed by atoms with Crippen molar-refractivity contribution in [3.05, 3.63) is 0 Å². The van der Waals surface area contributed by atoms with Crippen molar-refractivity contribution in [1.29, 1.82) is 0 Å². The third-order valence-corrected chi connectivity index (χ3v) is 15.8. The summed E-state index contributed by atoms with van der Waals surface area (Å²) in [6, 6.07) is 0. The lowest BCUT2D eigenvalue weighted by Crippen LogP contribution is -2.45. The fraction of sp³-hybridized carbons (Fsp3) is 0.941.